The zero-order valence-corrected chi connectivity index (χ0v) is 10.9. The summed E-state index contributed by atoms with van der Waals surface area (Å²) < 4.78 is 1.26. The average molecular weight is 255 g/mol. The van der Waals surface area contributed by atoms with Gasteiger partial charge in [0.25, 0.3) is 0 Å². The molecule has 0 aliphatic rings. The molecule has 0 aliphatic heterocycles. The lowest BCUT2D eigenvalue weighted by Gasteiger charge is -2.06. The van der Waals surface area contributed by atoms with Crippen LogP contribution in [0.1, 0.15) is 11.3 Å². The minimum absolute atomic E-state index is 0.745. The Hall–Kier alpha value is -1.94. The number of aromatic nitrogens is 2. The van der Waals surface area contributed by atoms with Gasteiger partial charge >= 0.3 is 0 Å². The number of nitrogens with one attached hydrogen (secondary N) is 1. The zero-order chi connectivity index (χ0) is 12.4. The third kappa shape index (κ3) is 2.19. The molecular formula is C14H13N3S. The topological polar surface area (TPSA) is 37.8 Å². The molecule has 0 saturated carbocycles. The number of thiophene rings is 1. The van der Waals surface area contributed by atoms with Crippen LogP contribution >= 0.6 is 11.3 Å². The van der Waals surface area contributed by atoms with Gasteiger partial charge in [0.1, 0.15) is 5.82 Å². The minimum Gasteiger partial charge on any atom is -0.365 e. The van der Waals surface area contributed by atoms with Crippen molar-refractivity contribution in [3.8, 4) is 0 Å². The van der Waals surface area contributed by atoms with Crippen molar-refractivity contribution in [3.63, 3.8) is 0 Å². The highest BCUT2D eigenvalue weighted by Crippen LogP contribution is 2.25. The van der Waals surface area contributed by atoms with E-state index in [0.29, 0.717) is 0 Å². The maximum Gasteiger partial charge on any atom is 0.134 e. The van der Waals surface area contributed by atoms with Gasteiger partial charge in [-0.25, -0.2) is 4.98 Å². The maximum absolute atomic E-state index is 4.39. The van der Waals surface area contributed by atoms with E-state index in [1.54, 1.807) is 11.3 Å². The van der Waals surface area contributed by atoms with Crippen LogP contribution in [0.3, 0.4) is 0 Å². The van der Waals surface area contributed by atoms with Crippen molar-refractivity contribution in [2.24, 2.45) is 0 Å². The fourth-order valence-electron chi connectivity index (χ4n) is 1.82. The van der Waals surface area contributed by atoms with Crippen molar-refractivity contribution in [1.29, 1.82) is 0 Å². The highest BCUT2D eigenvalue weighted by Gasteiger charge is 2.02. The molecule has 0 radical (unpaired) electrons. The Balaban J connectivity index is 1.80. The molecule has 0 bridgehead atoms. The maximum atomic E-state index is 4.39. The van der Waals surface area contributed by atoms with Crippen LogP contribution in [0.5, 0.6) is 0 Å². The summed E-state index contributed by atoms with van der Waals surface area (Å²) in [5.41, 5.74) is 2.20. The smallest absolute Gasteiger partial charge is 0.134 e. The molecule has 3 heterocycles. The van der Waals surface area contributed by atoms with Crippen LogP contribution in [0, 0.1) is 6.92 Å². The van der Waals surface area contributed by atoms with Gasteiger partial charge in [0, 0.05) is 34.7 Å². The van der Waals surface area contributed by atoms with Gasteiger partial charge in [-0.1, -0.05) is 6.07 Å². The van der Waals surface area contributed by atoms with E-state index in [4.69, 9.17) is 0 Å². The molecule has 3 rings (SSSR count). The van der Waals surface area contributed by atoms with E-state index in [-0.39, 0.29) is 0 Å². The monoisotopic (exact) mass is 255 g/mol. The Bertz CT molecular complexity index is 658. The predicted molar refractivity (Wildman–Crippen MR) is 75.9 cm³/mol. The van der Waals surface area contributed by atoms with Gasteiger partial charge in [-0.15, -0.1) is 11.3 Å². The molecule has 4 heteroatoms. The number of aryl methyl sites for hydroxylation is 1. The Morgan fingerprint density at radius 3 is 2.94 bits per heavy atom. The zero-order valence-electron chi connectivity index (χ0n) is 10.1. The number of nitrogens with zero attached hydrogens (tertiary/aromatic N) is 2. The Kier molecular flexibility index (Phi) is 2.94. The third-order valence-corrected chi connectivity index (χ3v) is 3.69. The molecule has 0 saturated heterocycles. The standard InChI is InChI=1S/C14H13N3S/c1-10-2-3-11(8-16-10)9-17-14-12-5-7-18-13(12)4-6-15-14/h2-8H,9H2,1H3,(H,15,17). The van der Waals surface area contributed by atoms with Gasteiger partial charge in [0.2, 0.25) is 0 Å². The largest absolute Gasteiger partial charge is 0.365 e. The lowest BCUT2D eigenvalue weighted by Crippen LogP contribution is -2.01. The van der Waals surface area contributed by atoms with E-state index in [2.05, 4.69) is 32.8 Å². The highest BCUT2D eigenvalue weighted by atomic mass is 32.1. The van der Waals surface area contributed by atoms with E-state index in [1.807, 2.05) is 31.5 Å². The van der Waals surface area contributed by atoms with Crippen LogP contribution in [0.2, 0.25) is 0 Å². The summed E-state index contributed by atoms with van der Waals surface area (Å²) in [6.45, 7) is 2.74. The molecule has 90 valence electrons. The van der Waals surface area contributed by atoms with Crippen molar-refractivity contribution in [1.82, 2.24) is 9.97 Å². The van der Waals surface area contributed by atoms with E-state index < -0.39 is 0 Å². The summed E-state index contributed by atoms with van der Waals surface area (Å²) in [6.07, 6.45) is 3.74. The van der Waals surface area contributed by atoms with Crippen LogP contribution < -0.4 is 5.32 Å². The Morgan fingerprint density at radius 2 is 2.11 bits per heavy atom. The van der Waals surface area contributed by atoms with Crippen molar-refractivity contribution < 1.29 is 0 Å². The molecule has 0 aromatic carbocycles. The van der Waals surface area contributed by atoms with Crippen molar-refractivity contribution in [2.75, 3.05) is 5.32 Å². The first-order chi connectivity index (χ1) is 8.83. The molecule has 3 nitrogen and oxygen atoms in total. The lowest BCUT2D eigenvalue weighted by molar-refractivity contribution is 1.07. The Morgan fingerprint density at radius 1 is 1.17 bits per heavy atom. The van der Waals surface area contributed by atoms with Crippen molar-refractivity contribution in [2.45, 2.75) is 13.5 Å². The van der Waals surface area contributed by atoms with Crippen molar-refractivity contribution >= 4 is 27.2 Å². The van der Waals surface area contributed by atoms with Crippen LogP contribution in [0.4, 0.5) is 5.82 Å². The van der Waals surface area contributed by atoms with E-state index in [9.17, 15) is 0 Å². The van der Waals surface area contributed by atoms with Crippen molar-refractivity contribution in [3.05, 3.63) is 53.3 Å². The SMILES string of the molecule is Cc1ccc(CNc2nccc3sccc23)cn1. The van der Waals surface area contributed by atoms with Crippen LogP contribution in [0.25, 0.3) is 10.1 Å². The molecule has 0 unspecified atom stereocenters. The number of fused-ring (bicyclic) bond motifs is 1. The van der Waals surface area contributed by atoms with Crippen LogP contribution in [0.15, 0.2) is 42.0 Å². The van der Waals surface area contributed by atoms with Gasteiger partial charge in [-0.2, -0.15) is 0 Å². The second kappa shape index (κ2) is 4.74. The fourth-order valence-corrected chi connectivity index (χ4v) is 2.61. The first-order valence-electron chi connectivity index (χ1n) is 5.80. The molecule has 0 aliphatic carbocycles. The summed E-state index contributed by atoms with van der Waals surface area (Å²) >= 11 is 1.73. The lowest BCUT2D eigenvalue weighted by atomic mass is 10.2. The molecular weight excluding hydrogens is 242 g/mol. The molecule has 18 heavy (non-hydrogen) atoms. The predicted octanol–water partition coefficient (Wildman–Crippen LogP) is 3.61. The normalized spacial score (nSPS) is 10.7. The first-order valence-corrected chi connectivity index (χ1v) is 6.68. The molecule has 1 N–H and O–H groups in total. The van der Waals surface area contributed by atoms with Gasteiger partial charge < -0.3 is 5.32 Å². The number of hydrogen-bond acceptors (Lipinski definition) is 4. The summed E-state index contributed by atoms with van der Waals surface area (Å²) in [4.78, 5) is 8.67. The third-order valence-electron chi connectivity index (χ3n) is 2.81. The molecule has 3 aromatic heterocycles. The van der Waals surface area contributed by atoms with Gasteiger partial charge in [-0.05, 0) is 36.1 Å². The summed E-state index contributed by atoms with van der Waals surface area (Å²) in [5, 5.41) is 6.64. The molecule has 0 amide bonds. The van der Waals surface area contributed by atoms with E-state index in [0.717, 1.165) is 23.6 Å². The average Bonchev–Trinajstić information content (AvgIpc) is 2.87. The first kappa shape index (κ1) is 11.2. The number of hydrogen-bond donors (Lipinski definition) is 1. The van der Waals surface area contributed by atoms with Gasteiger partial charge in [0.15, 0.2) is 0 Å². The minimum atomic E-state index is 0.745. The molecule has 3 aromatic rings. The van der Waals surface area contributed by atoms with E-state index in [1.165, 1.54) is 10.1 Å². The van der Waals surface area contributed by atoms with Crippen LogP contribution in [-0.2, 0) is 6.54 Å². The highest BCUT2D eigenvalue weighted by molar-refractivity contribution is 7.17. The number of anilines is 1. The Labute approximate surface area is 110 Å². The molecule has 0 atom stereocenters. The second-order valence-corrected chi connectivity index (χ2v) is 5.10. The number of rotatable bonds is 3. The van der Waals surface area contributed by atoms with Crippen LogP contribution in [-0.4, -0.2) is 9.97 Å². The summed E-state index contributed by atoms with van der Waals surface area (Å²) in [7, 11) is 0. The number of pyridine rings is 2. The second-order valence-electron chi connectivity index (χ2n) is 4.15. The summed E-state index contributed by atoms with van der Waals surface area (Å²) in [6, 6.07) is 8.25. The fraction of sp³-hybridized carbons (Fsp3) is 0.143. The summed E-state index contributed by atoms with van der Waals surface area (Å²) in [5.74, 6) is 0.939. The quantitative estimate of drug-likeness (QED) is 0.777. The van der Waals surface area contributed by atoms with E-state index >= 15 is 0 Å². The molecule has 0 spiro atoms. The molecule has 0 fully saturated rings. The van der Waals surface area contributed by atoms with Gasteiger partial charge in [-0.3, -0.25) is 4.98 Å². The van der Waals surface area contributed by atoms with Gasteiger partial charge in [0.05, 0.1) is 0 Å².